The third-order valence-electron chi connectivity index (χ3n) is 2.90. The van der Waals surface area contributed by atoms with E-state index in [2.05, 4.69) is 43.2 Å². The van der Waals surface area contributed by atoms with Crippen molar-refractivity contribution in [1.29, 1.82) is 0 Å². The highest BCUT2D eigenvalue weighted by Crippen LogP contribution is 2.24. The van der Waals surface area contributed by atoms with Gasteiger partial charge in [-0.1, -0.05) is 20.8 Å². The Morgan fingerprint density at radius 1 is 1.50 bits per heavy atom. The molecular weight excluding hydrogens is 202 g/mol. The van der Waals surface area contributed by atoms with Crippen LogP contribution in [0.15, 0.2) is 12.3 Å². The van der Waals surface area contributed by atoms with Crippen LogP contribution in [0, 0.1) is 5.41 Å². The standard InChI is InChI=1S/C12H23N3O/c1-9(10-5-7-13-15-10)14-11(6-8-16)12(2,3)4/h5,7,9,11,14,16H,6,8H2,1-4H3,(H,13,15). The highest BCUT2D eigenvalue weighted by molar-refractivity contribution is 5.04. The van der Waals surface area contributed by atoms with E-state index in [0.29, 0.717) is 0 Å². The lowest BCUT2D eigenvalue weighted by atomic mass is 9.84. The first-order valence-corrected chi connectivity index (χ1v) is 5.81. The van der Waals surface area contributed by atoms with Gasteiger partial charge in [-0.3, -0.25) is 5.10 Å². The molecule has 0 amide bonds. The van der Waals surface area contributed by atoms with Crippen LogP contribution in [0.3, 0.4) is 0 Å². The van der Waals surface area contributed by atoms with Crippen LogP contribution in [0.5, 0.6) is 0 Å². The van der Waals surface area contributed by atoms with Crippen LogP contribution in [0.2, 0.25) is 0 Å². The first kappa shape index (κ1) is 13.2. The number of aliphatic hydroxyl groups excluding tert-OH is 1. The fourth-order valence-corrected chi connectivity index (χ4v) is 1.79. The molecule has 1 rings (SSSR count). The smallest absolute Gasteiger partial charge is 0.0518 e. The highest BCUT2D eigenvalue weighted by atomic mass is 16.3. The topological polar surface area (TPSA) is 60.9 Å². The molecular formula is C12H23N3O. The largest absolute Gasteiger partial charge is 0.396 e. The van der Waals surface area contributed by atoms with Crippen LogP contribution in [-0.4, -0.2) is 28.0 Å². The molecule has 4 heteroatoms. The number of aliphatic hydroxyl groups is 1. The quantitative estimate of drug-likeness (QED) is 0.717. The van der Waals surface area contributed by atoms with Gasteiger partial charge in [0.2, 0.25) is 0 Å². The van der Waals surface area contributed by atoms with Gasteiger partial charge in [0.15, 0.2) is 0 Å². The average Bonchev–Trinajstić information content (AvgIpc) is 2.68. The molecule has 1 aromatic rings. The minimum atomic E-state index is 0.136. The molecule has 0 aromatic carbocycles. The zero-order valence-electron chi connectivity index (χ0n) is 10.6. The van der Waals surface area contributed by atoms with Gasteiger partial charge in [-0.05, 0) is 24.8 Å². The number of H-pyrrole nitrogens is 1. The summed E-state index contributed by atoms with van der Waals surface area (Å²) < 4.78 is 0. The molecule has 0 aliphatic heterocycles. The third-order valence-corrected chi connectivity index (χ3v) is 2.90. The summed E-state index contributed by atoms with van der Waals surface area (Å²) in [6.45, 7) is 8.86. The maximum absolute atomic E-state index is 9.08. The van der Waals surface area contributed by atoms with Crippen LogP contribution in [0.25, 0.3) is 0 Å². The van der Waals surface area contributed by atoms with Crippen LogP contribution in [0.4, 0.5) is 0 Å². The predicted octanol–water partition coefficient (Wildman–Crippen LogP) is 1.86. The average molecular weight is 225 g/mol. The fraction of sp³-hybridized carbons (Fsp3) is 0.750. The first-order chi connectivity index (χ1) is 7.45. The minimum absolute atomic E-state index is 0.136. The Kier molecular flexibility index (Phi) is 4.50. The predicted molar refractivity (Wildman–Crippen MR) is 65.1 cm³/mol. The summed E-state index contributed by atoms with van der Waals surface area (Å²) >= 11 is 0. The van der Waals surface area contributed by atoms with Crippen LogP contribution >= 0.6 is 0 Å². The van der Waals surface area contributed by atoms with Crippen molar-refractivity contribution in [3.05, 3.63) is 18.0 Å². The Balaban J connectivity index is 2.62. The van der Waals surface area contributed by atoms with E-state index in [4.69, 9.17) is 5.11 Å². The van der Waals surface area contributed by atoms with Gasteiger partial charge in [0.05, 0.1) is 5.69 Å². The van der Waals surface area contributed by atoms with Gasteiger partial charge in [-0.15, -0.1) is 0 Å². The highest BCUT2D eigenvalue weighted by Gasteiger charge is 2.25. The van der Waals surface area contributed by atoms with Gasteiger partial charge in [-0.25, -0.2) is 0 Å². The molecule has 16 heavy (non-hydrogen) atoms. The Morgan fingerprint density at radius 3 is 2.62 bits per heavy atom. The van der Waals surface area contributed by atoms with E-state index in [0.717, 1.165) is 12.1 Å². The number of aromatic nitrogens is 2. The number of nitrogens with one attached hydrogen (secondary N) is 2. The van der Waals surface area contributed by atoms with Crippen LogP contribution < -0.4 is 5.32 Å². The Bertz CT molecular complexity index is 290. The molecule has 1 heterocycles. The molecule has 0 saturated heterocycles. The second kappa shape index (κ2) is 5.46. The molecule has 3 N–H and O–H groups in total. The van der Waals surface area contributed by atoms with Gasteiger partial charge in [0.1, 0.15) is 0 Å². The summed E-state index contributed by atoms with van der Waals surface area (Å²) in [6, 6.07) is 2.48. The van der Waals surface area contributed by atoms with Crippen molar-refractivity contribution in [3.8, 4) is 0 Å². The van der Waals surface area contributed by atoms with E-state index in [-0.39, 0.29) is 24.1 Å². The zero-order valence-corrected chi connectivity index (χ0v) is 10.6. The van der Waals surface area contributed by atoms with E-state index in [1.54, 1.807) is 6.20 Å². The van der Waals surface area contributed by atoms with Gasteiger partial charge < -0.3 is 10.4 Å². The van der Waals surface area contributed by atoms with Crippen molar-refractivity contribution in [2.24, 2.45) is 5.41 Å². The normalized spacial score (nSPS) is 16.1. The SMILES string of the molecule is CC(NC(CCO)C(C)(C)C)c1ccn[nH]1. The zero-order chi connectivity index (χ0) is 12.2. The van der Waals surface area contributed by atoms with Crippen molar-refractivity contribution < 1.29 is 5.11 Å². The second-order valence-electron chi connectivity index (χ2n) is 5.33. The van der Waals surface area contributed by atoms with Crippen LogP contribution in [0.1, 0.15) is 45.9 Å². The van der Waals surface area contributed by atoms with Gasteiger partial charge in [-0.2, -0.15) is 5.10 Å². The van der Waals surface area contributed by atoms with Gasteiger partial charge >= 0.3 is 0 Å². The Labute approximate surface area is 97.5 Å². The van der Waals surface area contributed by atoms with Crippen LogP contribution in [-0.2, 0) is 0 Å². The molecule has 0 radical (unpaired) electrons. The molecule has 2 unspecified atom stereocenters. The van der Waals surface area contributed by atoms with E-state index in [9.17, 15) is 0 Å². The number of nitrogens with zero attached hydrogens (tertiary/aromatic N) is 1. The number of aromatic amines is 1. The summed E-state index contributed by atoms with van der Waals surface area (Å²) in [7, 11) is 0. The number of hydrogen-bond donors (Lipinski definition) is 3. The van der Waals surface area contributed by atoms with E-state index in [1.165, 1.54) is 0 Å². The van der Waals surface area contributed by atoms with E-state index < -0.39 is 0 Å². The monoisotopic (exact) mass is 225 g/mol. The van der Waals surface area contributed by atoms with Crippen molar-refractivity contribution in [3.63, 3.8) is 0 Å². The summed E-state index contributed by atoms with van der Waals surface area (Å²) in [5.41, 5.74) is 1.21. The van der Waals surface area contributed by atoms with Crippen molar-refractivity contribution in [1.82, 2.24) is 15.5 Å². The Hall–Kier alpha value is -0.870. The maximum Gasteiger partial charge on any atom is 0.0518 e. The minimum Gasteiger partial charge on any atom is -0.396 e. The molecule has 0 aliphatic rings. The maximum atomic E-state index is 9.08. The van der Waals surface area contributed by atoms with Gasteiger partial charge in [0.25, 0.3) is 0 Å². The molecule has 2 atom stereocenters. The summed E-state index contributed by atoms with van der Waals surface area (Å²) in [5.74, 6) is 0. The van der Waals surface area contributed by atoms with Crippen molar-refractivity contribution in [2.75, 3.05) is 6.61 Å². The molecule has 4 nitrogen and oxygen atoms in total. The summed E-state index contributed by atoms with van der Waals surface area (Å²) in [5, 5.41) is 19.5. The molecule has 0 saturated carbocycles. The molecule has 0 fully saturated rings. The summed E-state index contributed by atoms with van der Waals surface area (Å²) in [4.78, 5) is 0. The second-order valence-corrected chi connectivity index (χ2v) is 5.33. The number of hydrogen-bond acceptors (Lipinski definition) is 3. The Morgan fingerprint density at radius 2 is 2.19 bits per heavy atom. The number of rotatable bonds is 5. The third kappa shape index (κ3) is 3.61. The first-order valence-electron chi connectivity index (χ1n) is 5.81. The molecule has 0 spiro atoms. The molecule has 0 aliphatic carbocycles. The molecule has 1 aromatic heterocycles. The molecule has 0 bridgehead atoms. The summed E-state index contributed by atoms with van der Waals surface area (Å²) in [6.07, 6.45) is 2.52. The van der Waals surface area contributed by atoms with Crippen molar-refractivity contribution in [2.45, 2.75) is 46.2 Å². The molecule has 92 valence electrons. The lowest BCUT2D eigenvalue weighted by Crippen LogP contribution is -2.42. The lowest BCUT2D eigenvalue weighted by molar-refractivity contribution is 0.187. The van der Waals surface area contributed by atoms with E-state index in [1.807, 2.05) is 6.07 Å². The van der Waals surface area contributed by atoms with E-state index >= 15 is 0 Å². The fourth-order valence-electron chi connectivity index (χ4n) is 1.79. The van der Waals surface area contributed by atoms with Gasteiger partial charge in [0, 0.05) is 24.9 Å². The van der Waals surface area contributed by atoms with Crippen molar-refractivity contribution >= 4 is 0 Å². The lowest BCUT2D eigenvalue weighted by Gasteiger charge is -2.33.